The highest BCUT2D eigenvalue weighted by atomic mass is 32.2. The molecule has 138 valence electrons. The predicted molar refractivity (Wildman–Crippen MR) is 92.5 cm³/mol. The molecular weight excluding hydrogens is 349 g/mol. The van der Waals surface area contributed by atoms with Gasteiger partial charge in [-0.3, -0.25) is 4.31 Å². The summed E-state index contributed by atoms with van der Waals surface area (Å²) in [7, 11) is -3.37. The van der Waals surface area contributed by atoms with Gasteiger partial charge in [-0.05, 0) is 38.5 Å². The van der Waals surface area contributed by atoms with Gasteiger partial charge in [0.15, 0.2) is 0 Å². The van der Waals surface area contributed by atoms with E-state index in [1.165, 1.54) is 21.3 Å². The van der Waals surface area contributed by atoms with Gasteiger partial charge >= 0.3 is 6.03 Å². The maximum absolute atomic E-state index is 14.0. The van der Waals surface area contributed by atoms with Crippen LogP contribution >= 0.6 is 0 Å². The van der Waals surface area contributed by atoms with Crippen molar-refractivity contribution in [2.45, 2.75) is 25.9 Å². The summed E-state index contributed by atoms with van der Waals surface area (Å²) in [6.07, 6.45) is 0.521. The molecule has 0 radical (unpaired) electrons. The number of halogens is 1. The molecule has 1 aromatic rings. The maximum Gasteiger partial charge on any atom is 0.321 e. The Hall–Kier alpha value is -1.87. The average molecular weight is 371 g/mol. The fourth-order valence-electron chi connectivity index (χ4n) is 2.98. The van der Waals surface area contributed by atoms with E-state index in [4.69, 9.17) is 0 Å². The summed E-state index contributed by atoms with van der Waals surface area (Å²) >= 11 is 0. The number of aliphatic hydroxyl groups is 1. The highest BCUT2D eigenvalue weighted by Gasteiger charge is 2.40. The topological polar surface area (TPSA) is 89.9 Å². The van der Waals surface area contributed by atoms with E-state index < -0.39 is 27.5 Å². The van der Waals surface area contributed by atoms with Gasteiger partial charge in [-0.1, -0.05) is 0 Å². The highest BCUT2D eigenvalue weighted by Crippen LogP contribution is 2.30. The Bertz CT molecular complexity index is 785. The molecule has 2 fully saturated rings. The van der Waals surface area contributed by atoms with Crippen molar-refractivity contribution in [1.82, 2.24) is 4.90 Å². The molecule has 7 nitrogen and oxygen atoms in total. The van der Waals surface area contributed by atoms with E-state index in [1.807, 2.05) is 0 Å². The van der Waals surface area contributed by atoms with Crippen LogP contribution in [0.3, 0.4) is 0 Å². The number of anilines is 2. The molecule has 2 aliphatic heterocycles. The lowest BCUT2D eigenvalue weighted by molar-refractivity contribution is -0.0440. The van der Waals surface area contributed by atoms with Crippen LogP contribution in [0.2, 0.25) is 0 Å². The van der Waals surface area contributed by atoms with Gasteiger partial charge in [0.2, 0.25) is 10.0 Å². The van der Waals surface area contributed by atoms with Crippen molar-refractivity contribution in [3.63, 3.8) is 0 Å². The van der Waals surface area contributed by atoms with Crippen LogP contribution in [0.5, 0.6) is 0 Å². The summed E-state index contributed by atoms with van der Waals surface area (Å²) in [5.41, 5.74) is -0.588. The van der Waals surface area contributed by atoms with Crippen molar-refractivity contribution < 1.29 is 22.7 Å². The molecule has 2 amide bonds. The quantitative estimate of drug-likeness (QED) is 0.845. The predicted octanol–water partition coefficient (Wildman–Crippen LogP) is 1.60. The van der Waals surface area contributed by atoms with Crippen LogP contribution in [0.1, 0.15) is 20.3 Å². The zero-order valence-corrected chi connectivity index (χ0v) is 15.0. The molecule has 0 saturated carbocycles. The molecule has 2 heterocycles. The second-order valence-corrected chi connectivity index (χ2v) is 9.10. The largest absolute Gasteiger partial charge is 0.390 e. The molecule has 0 spiro atoms. The van der Waals surface area contributed by atoms with Crippen molar-refractivity contribution in [3.05, 3.63) is 24.0 Å². The summed E-state index contributed by atoms with van der Waals surface area (Å²) in [6.45, 7) is 4.49. The average Bonchev–Trinajstić information content (AvgIpc) is 2.77. The van der Waals surface area contributed by atoms with Gasteiger partial charge in [-0.15, -0.1) is 0 Å². The zero-order valence-electron chi connectivity index (χ0n) is 14.2. The first-order chi connectivity index (χ1) is 11.6. The summed E-state index contributed by atoms with van der Waals surface area (Å²) in [5, 5.41) is 12.4. The van der Waals surface area contributed by atoms with E-state index >= 15 is 0 Å². The van der Waals surface area contributed by atoms with E-state index in [0.29, 0.717) is 31.7 Å². The Morgan fingerprint density at radius 3 is 2.60 bits per heavy atom. The second kappa shape index (κ2) is 6.14. The van der Waals surface area contributed by atoms with Crippen molar-refractivity contribution >= 4 is 27.4 Å². The number of hydrogen-bond donors (Lipinski definition) is 2. The highest BCUT2D eigenvalue weighted by molar-refractivity contribution is 7.93. The Morgan fingerprint density at radius 2 is 2.04 bits per heavy atom. The maximum atomic E-state index is 14.0. The van der Waals surface area contributed by atoms with Crippen LogP contribution in [-0.2, 0) is 10.0 Å². The monoisotopic (exact) mass is 371 g/mol. The van der Waals surface area contributed by atoms with Crippen molar-refractivity contribution in [2.24, 2.45) is 5.92 Å². The second-order valence-electron chi connectivity index (χ2n) is 7.09. The number of carbonyl (C=O) groups excluding carboxylic acids is 1. The minimum absolute atomic E-state index is 0.0239. The van der Waals surface area contributed by atoms with Crippen LogP contribution < -0.4 is 9.62 Å². The summed E-state index contributed by atoms with van der Waals surface area (Å²) in [6, 6.07) is 3.40. The third-order valence-electron chi connectivity index (χ3n) is 4.75. The third-order valence-corrected chi connectivity index (χ3v) is 6.62. The van der Waals surface area contributed by atoms with E-state index in [0.717, 1.165) is 6.07 Å². The zero-order chi connectivity index (χ0) is 18.4. The Morgan fingerprint density at radius 1 is 1.36 bits per heavy atom. The van der Waals surface area contributed by atoms with Gasteiger partial charge in [0, 0.05) is 25.6 Å². The fraction of sp³-hybridized carbons (Fsp3) is 0.562. The molecule has 9 heteroatoms. The Balaban J connectivity index is 1.71. The number of carbonyl (C=O) groups is 1. The summed E-state index contributed by atoms with van der Waals surface area (Å²) < 4.78 is 39.2. The number of nitrogens with one attached hydrogen (secondary N) is 1. The van der Waals surface area contributed by atoms with Gasteiger partial charge in [-0.2, -0.15) is 0 Å². The number of amides is 2. The molecule has 0 unspecified atom stereocenters. The molecule has 0 aliphatic carbocycles. The molecule has 0 bridgehead atoms. The lowest BCUT2D eigenvalue weighted by atomic mass is 9.85. The van der Waals surface area contributed by atoms with E-state index in [9.17, 15) is 22.7 Å². The SMILES string of the molecule is CC(C)(O)C1CN(C(=O)Nc2cc(N3CCCS3(=O)=O)ccc2F)C1. The van der Waals surface area contributed by atoms with E-state index in [1.54, 1.807) is 13.8 Å². The van der Waals surface area contributed by atoms with Crippen molar-refractivity contribution in [3.8, 4) is 0 Å². The van der Waals surface area contributed by atoms with E-state index in [2.05, 4.69) is 5.32 Å². The summed E-state index contributed by atoms with van der Waals surface area (Å²) in [5.74, 6) is -0.588. The molecule has 0 aromatic heterocycles. The van der Waals surface area contributed by atoms with Crippen LogP contribution in [0.4, 0.5) is 20.6 Å². The molecule has 2 aliphatic rings. The Labute approximate surface area is 146 Å². The van der Waals surface area contributed by atoms with Gasteiger partial charge < -0.3 is 15.3 Å². The van der Waals surface area contributed by atoms with Crippen molar-refractivity contribution in [2.75, 3.05) is 35.0 Å². The number of sulfonamides is 1. The lowest BCUT2D eigenvalue weighted by Gasteiger charge is -2.44. The standard InChI is InChI=1S/C16H22FN3O4S/c1-16(2,22)11-9-19(10-11)15(21)18-14-8-12(4-5-13(14)17)20-6-3-7-25(20,23)24/h4-5,8,11,22H,3,6-7,9-10H2,1-2H3,(H,18,21). The van der Waals surface area contributed by atoms with Crippen LogP contribution in [0, 0.1) is 11.7 Å². The number of urea groups is 1. The fourth-order valence-corrected chi connectivity index (χ4v) is 4.54. The van der Waals surface area contributed by atoms with Gasteiger partial charge in [0.05, 0.1) is 22.7 Å². The number of rotatable bonds is 3. The molecular formula is C16H22FN3O4S. The third kappa shape index (κ3) is 3.57. The van der Waals surface area contributed by atoms with Crippen LogP contribution in [0.15, 0.2) is 18.2 Å². The number of nitrogens with zero attached hydrogens (tertiary/aromatic N) is 2. The molecule has 1 aromatic carbocycles. The van der Waals surface area contributed by atoms with Crippen molar-refractivity contribution in [1.29, 1.82) is 0 Å². The van der Waals surface area contributed by atoms with Crippen LogP contribution in [-0.4, -0.2) is 55.4 Å². The minimum Gasteiger partial charge on any atom is -0.390 e. The minimum atomic E-state index is -3.37. The normalized spacial score (nSPS) is 20.5. The van der Waals surface area contributed by atoms with Crippen LogP contribution in [0.25, 0.3) is 0 Å². The number of hydrogen-bond acceptors (Lipinski definition) is 4. The first-order valence-corrected chi connectivity index (χ1v) is 9.77. The number of benzene rings is 1. The van der Waals surface area contributed by atoms with E-state index in [-0.39, 0.29) is 17.4 Å². The number of likely N-dealkylation sites (tertiary alicyclic amines) is 1. The molecule has 0 atom stereocenters. The van der Waals surface area contributed by atoms with Gasteiger partial charge in [-0.25, -0.2) is 17.6 Å². The molecule has 2 saturated heterocycles. The first-order valence-electron chi connectivity index (χ1n) is 8.16. The smallest absolute Gasteiger partial charge is 0.321 e. The molecule has 25 heavy (non-hydrogen) atoms. The lowest BCUT2D eigenvalue weighted by Crippen LogP contribution is -2.58. The Kier molecular flexibility index (Phi) is 4.40. The first kappa shape index (κ1) is 17.9. The molecule has 2 N–H and O–H groups in total. The van der Waals surface area contributed by atoms with Gasteiger partial charge in [0.25, 0.3) is 0 Å². The molecule has 3 rings (SSSR count). The van der Waals surface area contributed by atoms with Gasteiger partial charge in [0.1, 0.15) is 5.82 Å². The summed E-state index contributed by atoms with van der Waals surface area (Å²) in [4.78, 5) is 13.7.